The molecule has 0 aliphatic carbocycles. The van der Waals surface area contributed by atoms with Crippen molar-refractivity contribution in [1.82, 2.24) is 15.0 Å². The maximum Gasteiger partial charge on any atom is 0.173 e. The lowest BCUT2D eigenvalue weighted by atomic mass is 10.2. The van der Waals surface area contributed by atoms with Gasteiger partial charge in [0, 0.05) is 11.6 Å². The first kappa shape index (κ1) is 11.4. The minimum Gasteiger partial charge on any atom is -0.497 e. The van der Waals surface area contributed by atoms with E-state index in [1.807, 2.05) is 18.2 Å². The summed E-state index contributed by atoms with van der Waals surface area (Å²) in [7, 11) is 1.61. The van der Waals surface area contributed by atoms with E-state index in [4.69, 9.17) is 16.3 Å². The van der Waals surface area contributed by atoms with E-state index in [1.54, 1.807) is 18.8 Å². The van der Waals surface area contributed by atoms with Gasteiger partial charge in [0.2, 0.25) is 0 Å². The summed E-state index contributed by atoms with van der Waals surface area (Å²) in [6, 6.07) is 5.54. The Morgan fingerprint density at radius 2 is 2.17 bits per heavy atom. The predicted octanol–water partition coefficient (Wildman–Crippen LogP) is 3.42. The molecule has 0 bridgehead atoms. The Morgan fingerprint density at radius 3 is 2.89 bits per heavy atom. The number of halogens is 1. The Kier molecular flexibility index (Phi) is 2.85. The van der Waals surface area contributed by atoms with Crippen LogP contribution >= 0.6 is 22.9 Å². The molecule has 3 rings (SSSR count). The van der Waals surface area contributed by atoms with Gasteiger partial charge in [0.05, 0.1) is 23.0 Å². The van der Waals surface area contributed by atoms with Crippen molar-refractivity contribution in [3.05, 3.63) is 35.1 Å². The van der Waals surface area contributed by atoms with Crippen molar-refractivity contribution in [3.8, 4) is 16.5 Å². The molecule has 0 fully saturated rings. The quantitative estimate of drug-likeness (QED) is 0.674. The Labute approximate surface area is 112 Å². The van der Waals surface area contributed by atoms with E-state index in [2.05, 4.69) is 15.0 Å². The zero-order valence-electron chi connectivity index (χ0n) is 9.42. The van der Waals surface area contributed by atoms with Gasteiger partial charge in [0.25, 0.3) is 0 Å². The summed E-state index contributed by atoms with van der Waals surface area (Å²) < 4.78 is 5.16. The molecule has 2 aromatic heterocycles. The fraction of sp³-hybridized carbons (Fsp3) is 0.0833. The van der Waals surface area contributed by atoms with Gasteiger partial charge in [0.15, 0.2) is 5.82 Å². The summed E-state index contributed by atoms with van der Waals surface area (Å²) >= 11 is 7.67. The Hall–Kier alpha value is -1.72. The van der Waals surface area contributed by atoms with E-state index < -0.39 is 0 Å². The number of thiazole rings is 1. The van der Waals surface area contributed by atoms with Gasteiger partial charge >= 0.3 is 0 Å². The van der Waals surface area contributed by atoms with Gasteiger partial charge in [-0.25, -0.2) is 9.97 Å². The molecule has 0 unspecified atom stereocenters. The molecule has 18 heavy (non-hydrogen) atoms. The minimum absolute atomic E-state index is 0.419. The van der Waals surface area contributed by atoms with Gasteiger partial charge in [-0.15, -0.1) is 11.3 Å². The Bertz CT molecular complexity index is 700. The number of nitrogens with zero attached hydrogens (tertiary/aromatic N) is 3. The third-order valence-electron chi connectivity index (χ3n) is 2.51. The van der Waals surface area contributed by atoms with Gasteiger partial charge in [-0.2, -0.15) is 0 Å². The van der Waals surface area contributed by atoms with Crippen LogP contribution in [0.15, 0.2) is 29.9 Å². The maximum absolute atomic E-state index is 6.19. The summed E-state index contributed by atoms with van der Waals surface area (Å²) in [5, 5.41) is 1.20. The zero-order chi connectivity index (χ0) is 12.5. The lowest BCUT2D eigenvalue weighted by Crippen LogP contribution is -1.91. The molecule has 0 N–H and O–H groups in total. The fourth-order valence-corrected chi connectivity index (χ4v) is 2.42. The van der Waals surface area contributed by atoms with E-state index in [0.717, 1.165) is 21.5 Å². The van der Waals surface area contributed by atoms with Crippen LogP contribution in [0.5, 0.6) is 5.75 Å². The van der Waals surface area contributed by atoms with Crippen molar-refractivity contribution < 1.29 is 4.74 Å². The highest BCUT2D eigenvalue weighted by atomic mass is 35.5. The largest absolute Gasteiger partial charge is 0.497 e. The van der Waals surface area contributed by atoms with Crippen molar-refractivity contribution in [2.45, 2.75) is 0 Å². The van der Waals surface area contributed by atoms with Crippen molar-refractivity contribution in [2.75, 3.05) is 7.11 Å². The van der Waals surface area contributed by atoms with E-state index in [1.165, 1.54) is 11.3 Å². The lowest BCUT2D eigenvalue weighted by molar-refractivity contribution is 0.415. The second-order valence-electron chi connectivity index (χ2n) is 3.59. The third kappa shape index (κ3) is 1.91. The van der Waals surface area contributed by atoms with Crippen molar-refractivity contribution >= 4 is 33.8 Å². The average Bonchev–Trinajstić information content (AvgIpc) is 2.92. The number of fused-ring (bicyclic) bond motifs is 1. The Morgan fingerprint density at radius 1 is 1.28 bits per heavy atom. The first-order valence-corrected chi connectivity index (χ1v) is 6.44. The summed E-state index contributed by atoms with van der Waals surface area (Å²) in [5.74, 6) is 1.33. The fourth-order valence-electron chi connectivity index (χ4n) is 1.63. The summed E-state index contributed by atoms with van der Waals surface area (Å²) in [6.45, 7) is 0. The molecule has 0 saturated carbocycles. The molecule has 3 aromatic rings. The van der Waals surface area contributed by atoms with E-state index in [0.29, 0.717) is 11.0 Å². The van der Waals surface area contributed by atoms with E-state index in [9.17, 15) is 0 Å². The molecular formula is C12H8ClN3OS. The number of hydrogen-bond acceptors (Lipinski definition) is 5. The average molecular weight is 278 g/mol. The molecule has 0 saturated heterocycles. The van der Waals surface area contributed by atoms with Crippen LogP contribution in [-0.4, -0.2) is 22.1 Å². The lowest BCUT2D eigenvalue weighted by Gasteiger charge is -2.05. The minimum atomic E-state index is 0.419. The number of ether oxygens (including phenoxy) is 1. The maximum atomic E-state index is 6.19. The first-order valence-electron chi connectivity index (χ1n) is 5.18. The Balaban J connectivity index is 2.22. The molecule has 90 valence electrons. The van der Waals surface area contributed by atoms with Crippen LogP contribution in [0.2, 0.25) is 5.15 Å². The van der Waals surface area contributed by atoms with Crippen LogP contribution in [-0.2, 0) is 0 Å². The van der Waals surface area contributed by atoms with Crippen molar-refractivity contribution in [3.63, 3.8) is 0 Å². The van der Waals surface area contributed by atoms with Crippen molar-refractivity contribution in [2.24, 2.45) is 0 Å². The molecule has 0 aliphatic heterocycles. The smallest absolute Gasteiger partial charge is 0.173 e. The first-order chi connectivity index (χ1) is 8.78. The highest BCUT2D eigenvalue weighted by Gasteiger charge is 2.09. The van der Waals surface area contributed by atoms with E-state index >= 15 is 0 Å². The number of rotatable bonds is 2. The summed E-state index contributed by atoms with van der Waals surface area (Å²) in [4.78, 5) is 13.7. The van der Waals surface area contributed by atoms with Crippen LogP contribution in [0.1, 0.15) is 0 Å². The normalized spacial score (nSPS) is 10.8. The molecule has 4 nitrogen and oxygen atoms in total. The molecule has 0 radical (unpaired) electrons. The third-order valence-corrected chi connectivity index (χ3v) is 3.57. The summed E-state index contributed by atoms with van der Waals surface area (Å²) in [5.41, 5.74) is 2.53. The van der Waals surface area contributed by atoms with Crippen LogP contribution < -0.4 is 4.74 Å². The van der Waals surface area contributed by atoms with Gasteiger partial charge < -0.3 is 4.74 Å². The van der Waals surface area contributed by atoms with Crippen LogP contribution in [0.4, 0.5) is 0 Å². The molecule has 2 heterocycles. The van der Waals surface area contributed by atoms with Crippen LogP contribution in [0.25, 0.3) is 21.6 Å². The monoisotopic (exact) mass is 277 g/mol. The number of aromatic nitrogens is 3. The molecule has 0 atom stereocenters. The molecule has 6 heteroatoms. The molecule has 0 amide bonds. The van der Waals surface area contributed by atoms with E-state index in [-0.39, 0.29) is 0 Å². The zero-order valence-corrected chi connectivity index (χ0v) is 11.0. The number of benzene rings is 1. The van der Waals surface area contributed by atoms with Gasteiger partial charge in [-0.3, -0.25) is 4.98 Å². The van der Waals surface area contributed by atoms with Gasteiger partial charge in [-0.1, -0.05) is 11.6 Å². The van der Waals surface area contributed by atoms with Gasteiger partial charge in [-0.05, 0) is 18.2 Å². The topological polar surface area (TPSA) is 47.9 Å². The van der Waals surface area contributed by atoms with Crippen molar-refractivity contribution in [1.29, 1.82) is 0 Å². The summed E-state index contributed by atoms with van der Waals surface area (Å²) in [6.07, 6.45) is 1.73. The van der Waals surface area contributed by atoms with Crippen LogP contribution in [0, 0.1) is 0 Å². The molecule has 0 spiro atoms. The standard InChI is InChI=1S/C12H8ClN3OS/c1-17-7-2-3-9-8(4-7)11(13)16-12(15-9)10-5-14-6-18-10/h2-6H,1H3. The molecular weight excluding hydrogens is 270 g/mol. The van der Waals surface area contributed by atoms with Crippen LogP contribution in [0.3, 0.4) is 0 Å². The van der Waals surface area contributed by atoms with Gasteiger partial charge in [0.1, 0.15) is 10.9 Å². The SMILES string of the molecule is COc1ccc2nc(-c3cncs3)nc(Cl)c2c1. The highest BCUT2D eigenvalue weighted by Crippen LogP contribution is 2.28. The number of hydrogen-bond donors (Lipinski definition) is 0. The predicted molar refractivity (Wildman–Crippen MR) is 72.2 cm³/mol. The second-order valence-corrected chi connectivity index (χ2v) is 4.83. The molecule has 0 aliphatic rings. The highest BCUT2D eigenvalue weighted by molar-refractivity contribution is 7.13. The second kappa shape index (κ2) is 4.51. The number of methoxy groups -OCH3 is 1. The molecule has 1 aromatic carbocycles.